The van der Waals surface area contributed by atoms with Gasteiger partial charge in [0, 0.05) is 27.0 Å². The lowest BCUT2D eigenvalue weighted by Gasteiger charge is -2.07. The fraction of sp³-hybridized carbons (Fsp3) is 0.143. The maximum Gasteiger partial charge on any atom is 0.151 e. The Kier molecular flexibility index (Phi) is 4.25. The van der Waals surface area contributed by atoms with Gasteiger partial charge in [0.2, 0.25) is 0 Å². The maximum atomic E-state index is 4.17. The summed E-state index contributed by atoms with van der Waals surface area (Å²) in [5.41, 5.74) is 1.08. The van der Waals surface area contributed by atoms with E-state index in [0.29, 0.717) is 6.54 Å². The molecule has 20 heavy (non-hydrogen) atoms. The predicted molar refractivity (Wildman–Crippen MR) is 83.9 cm³/mol. The van der Waals surface area contributed by atoms with Crippen LogP contribution in [0.3, 0.4) is 0 Å². The molecular formula is C14H13BrN4S. The van der Waals surface area contributed by atoms with Gasteiger partial charge in [0.15, 0.2) is 5.82 Å². The Balaban J connectivity index is 1.65. The molecule has 3 aromatic rings. The number of nitrogens with zero attached hydrogens (tertiary/aromatic N) is 3. The van der Waals surface area contributed by atoms with E-state index in [4.69, 9.17) is 0 Å². The molecule has 0 aliphatic rings. The van der Waals surface area contributed by atoms with Crippen molar-refractivity contribution in [2.75, 3.05) is 0 Å². The molecule has 0 aliphatic heterocycles. The normalized spacial score (nSPS) is 10.8. The van der Waals surface area contributed by atoms with Gasteiger partial charge < -0.3 is 5.32 Å². The van der Waals surface area contributed by atoms with Gasteiger partial charge in [0.1, 0.15) is 6.33 Å². The minimum absolute atomic E-state index is 0.685. The Labute approximate surface area is 129 Å². The molecule has 0 spiro atoms. The second-order valence-electron chi connectivity index (χ2n) is 4.29. The van der Waals surface area contributed by atoms with Crippen LogP contribution in [0, 0.1) is 0 Å². The molecule has 0 saturated heterocycles. The summed E-state index contributed by atoms with van der Waals surface area (Å²) >= 11 is 5.20. The molecule has 0 radical (unpaired) electrons. The fourth-order valence-electron chi connectivity index (χ4n) is 1.93. The van der Waals surface area contributed by atoms with Crippen LogP contribution in [0.2, 0.25) is 0 Å². The Morgan fingerprint density at radius 3 is 2.80 bits per heavy atom. The van der Waals surface area contributed by atoms with Gasteiger partial charge in [-0.3, -0.25) is 4.57 Å². The molecule has 0 atom stereocenters. The van der Waals surface area contributed by atoms with Gasteiger partial charge in [0.05, 0.1) is 6.54 Å². The maximum absolute atomic E-state index is 4.17. The molecule has 1 aromatic carbocycles. The minimum Gasteiger partial charge on any atom is -0.305 e. The third-order valence-corrected chi connectivity index (χ3v) is 4.55. The van der Waals surface area contributed by atoms with Crippen LogP contribution >= 0.6 is 27.3 Å². The van der Waals surface area contributed by atoms with Gasteiger partial charge in [-0.1, -0.05) is 18.2 Å². The van der Waals surface area contributed by atoms with Gasteiger partial charge in [-0.15, -0.1) is 21.5 Å². The van der Waals surface area contributed by atoms with Crippen molar-refractivity contribution in [1.82, 2.24) is 20.1 Å². The van der Waals surface area contributed by atoms with Gasteiger partial charge in [-0.25, -0.2) is 0 Å². The Morgan fingerprint density at radius 1 is 1.20 bits per heavy atom. The van der Waals surface area contributed by atoms with Crippen LogP contribution in [-0.2, 0) is 13.1 Å². The zero-order chi connectivity index (χ0) is 13.8. The molecule has 3 rings (SSSR count). The molecule has 0 saturated carbocycles. The van der Waals surface area contributed by atoms with E-state index in [9.17, 15) is 0 Å². The summed E-state index contributed by atoms with van der Waals surface area (Å²) in [4.78, 5) is 1.29. The van der Waals surface area contributed by atoms with Crippen molar-refractivity contribution in [2.24, 2.45) is 0 Å². The zero-order valence-electron chi connectivity index (χ0n) is 10.7. The topological polar surface area (TPSA) is 42.7 Å². The van der Waals surface area contributed by atoms with Crippen LogP contribution in [0.25, 0.3) is 5.69 Å². The first-order chi connectivity index (χ1) is 9.83. The van der Waals surface area contributed by atoms with E-state index < -0.39 is 0 Å². The summed E-state index contributed by atoms with van der Waals surface area (Å²) in [6.07, 6.45) is 1.74. The monoisotopic (exact) mass is 348 g/mol. The Bertz CT molecular complexity index is 677. The number of rotatable bonds is 5. The number of halogens is 1. The zero-order valence-corrected chi connectivity index (χ0v) is 13.1. The molecule has 2 heterocycles. The summed E-state index contributed by atoms with van der Waals surface area (Å²) in [6, 6.07) is 12.2. The SMILES string of the molecule is Brc1csc(CNCc2nncn2-c2ccccc2)c1. The molecular weight excluding hydrogens is 336 g/mol. The van der Waals surface area contributed by atoms with E-state index in [2.05, 4.69) is 42.9 Å². The van der Waals surface area contributed by atoms with E-state index in [1.54, 1.807) is 17.7 Å². The van der Waals surface area contributed by atoms with E-state index >= 15 is 0 Å². The van der Waals surface area contributed by atoms with E-state index in [1.165, 1.54) is 4.88 Å². The number of para-hydroxylation sites is 1. The standard InChI is InChI=1S/C14H13BrN4S/c15-11-6-13(20-9-11)7-16-8-14-18-17-10-19(14)12-4-2-1-3-5-12/h1-6,9-10,16H,7-8H2. The lowest BCUT2D eigenvalue weighted by molar-refractivity contribution is 0.657. The van der Waals surface area contributed by atoms with Crippen molar-refractivity contribution in [3.63, 3.8) is 0 Å². The van der Waals surface area contributed by atoms with E-state index in [1.807, 2.05) is 34.9 Å². The summed E-state index contributed by atoms with van der Waals surface area (Å²) in [6.45, 7) is 1.52. The third kappa shape index (κ3) is 3.15. The number of nitrogens with one attached hydrogen (secondary N) is 1. The van der Waals surface area contributed by atoms with Crippen molar-refractivity contribution in [2.45, 2.75) is 13.1 Å². The van der Waals surface area contributed by atoms with Crippen LogP contribution in [0.1, 0.15) is 10.7 Å². The molecule has 0 fully saturated rings. The highest BCUT2D eigenvalue weighted by atomic mass is 79.9. The van der Waals surface area contributed by atoms with Crippen LogP contribution < -0.4 is 5.32 Å². The molecule has 0 aliphatic carbocycles. The first kappa shape index (κ1) is 13.5. The number of hydrogen-bond acceptors (Lipinski definition) is 4. The second-order valence-corrected chi connectivity index (χ2v) is 6.20. The number of benzene rings is 1. The van der Waals surface area contributed by atoms with Crippen molar-refractivity contribution in [1.29, 1.82) is 0 Å². The molecule has 0 bridgehead atoms. The van der Waals surface area contributed by atoms with Gasteiger partial charge >= 0.3 is 0 Å². The van der Waals surface area contributed by atoms with Crippen molar-refractivity contribution < 1.29 is 0 Å². The van der Waals surface area contributed by atoms with Crippen molar-refractivity contribution in [3.05, 3.63) is 63.3 Å². The quantitative estimate of drug-likeness (QED) is 0.768. The molecule has 1 N–H and O–H groups in total. The molecule has 6 heteroatoms. The summed E-state index contributed by atoms with van der Waals surface area (Å²) in [5.74, 6) is 0.909. The second kappa shape index (κ2) is 6.30. The molecule has 4 nitrogen and oxygen atoms in total. The van der Waals surface area contributed by atoms with Gasteiger partial charge in [-0.2, -0.15) is 0 Å². The average Bonchev–Trinajstić information content (AvgIpc) is 3.09. The highest BCUT2D eigenvalue weighted by molar-refractivity contribution is 9.10. The van der Waals surface area contributed by atoms with Gasteiger partial charge in [-0.05, 0) is 34.1 Å². The van der Waals surface area contributed by atoms with E-state index in [0.717, 1.165) is 22.5 Å². The predicted octanol–water partition coefficient (Wildman–Crippen LogP) is 3.38. The lowest BCUT2D eigenvalue weighted by Crippen LogP contribution is -2.15. The van der Waals surface area contributed by atoms with Crippen LogP contribution in [0.5, 0.6) is 0 Å². The molecule has 0 unspecified atom stereocenters. The smallest absolute Gasteiger partial charge is 0.151 e. The first-order valence-electron chi connectivity index (χ1n) is 6.21. The van der Waals surface area contributed by atoms with E-state index in [-0.39, 0.29) is 0 Å². The van der Waals surface area contributed by atoms with Crippen LogP contribution in [-0.4, -0.2) is 14.8 Å². The van der Waals surface area contributed by atoms with Crippen LogP contribution in [0.4, 0.5) is 0 Å². The number of hydrogen-bond donors (Lipinski definition) is 1. The fourth-order valence-corrected chi connectivity index (χ4v) is 3.35. The number of thiophene rings is 1. The molecule has 2 aromatic heterocycles. The van der Waals surface area contributed by atoms with Crippen molar-refractivity contribution >= 4 is 27.3 Å². The number of aromatic nitrogens is 3. The van der Waals surface area contributed by atoms with Gasteiger partial charge in [0.25, 0.3) is 0 Å². The largest absolute Gasteiger partial charge is 0.305 e. The Hall–Kier alpha value is -1.50. The third-order valence-electron chi connectivity index (χ3n) is 2.86. The van der Waals surface area contributed by atoms with Crippen LogP contribution in [0.15, 0.2) is 52.6 Å². The molecule has 0 amide bonds. The highest BCUT2D eigenvalue weighted by Crippen LogP contribution is 2.19. The summed E-state index contributed by atoms with van der Waals surface area (Å²) in [7, 11) is 0. The Morgan fingerprint density at radius 2 is 2.05 bits per heavy atom. The first-order valence-corrected chi connectivity index (χ1v) is 7.88. The van der Waals surface area contributed by atoms with Crippen molar-refractivity contribution in [3.8, 4) is 5.69 Å². The molecule has 102 valence electrons. The summed E-state index contributed by atoms with van der Waals surface area (Å²) in [5, 5.41) is 13.7. The summed E-state index contributed by atoms with van der Waals surface area (Å²) < 4.78 is 3.13. The minimum atomic E-state index is 0.685. The highest BCUT2D eigenvalue weighted by Gasteiger charge is 2.06. The lowest BCUT2D eigenvalue weighted by atomic mass is 10.3. The average molecular weight is 349 g/mol.